The Morgan fingerprint density at radius 3 is 2.85 bits per heavy atom. The van der Waals surface area contributed by atoms with Crippen LogP contribution in [0.2, 0.25) is 0 Å². The number of rotatable bonds is 2. The van der Waals surface area contributed by atoms with Gasteiger partial charge in [-0.15, -0.1) is 0 Å². The summed E-state index contributed by atoms with van der Waals surface area (Å²) in [6, 6.07) is 3.19. The molecule has 0 amide bonds. The number of halogens is 3. The van der Waals surface area contributed by atoms with E-state index in [1.807, 2.05) is 0 Å². The maximum absolute atomic E-state index is 11.8. The maximum Gasteiger partial charge on any atom is 0.388 e. The molecule has 0 fully saturated rings. The van der Waals surface area contributed by atoms with Crippen molar-refractivity contribution in [1.29, 1.82) is 5.26 Å². The number of aromatic nitrogens is 1. The lowest BCUT2D eigenvalue weighted by atomic mass is 10.3. The first kappa shape index (κ1) is 9.86. The highest BCUT2D eigenvalue weighted by molar-refractivity contribution is 9.10. The van der Waals surface area contributed by atoms with Crippen LogP contribution in [-0.4, -0.2) is 11.6 Å². The lowest BCUT2D eigenvalue weighted by Gasteiger charge is -2.05. The maximum atomic E-state index is 11.8. The number of alkyl halides is 2. The Hall–Kier alpha value is -1.22. The summed E-state index contributed by atoms with van der Waals surface area (Å²) >= 11 is 2.93. The van der Waals surface area contributed by atoms with Gasteiger partial charge in [0, 0.05) is 6.20 Å². The molecule has 1 aromatic rings. The van der Waals surface area contributed by atoms with Crippen molar-refractivity contribution < 1.29 is 13.5 Å². The van der Waals surface area contributed by atoms with Gasteiger partial charge in [0.25, 0.3) is 0 Å². The molecule has 0 aromatic carbocycles. The Labute approximate surface area is 81.1 Å². The van der Waals surface area contributed by atoms with Crippen LogP contribution >= 0.6 is 15.9 Å². The molecule has 1 rings (SSSR count). The summed E-state index contributed by atoms with van der Waals surface area (Å²) < 4.78 is 27.7. The molecular weight excluding hydrogens is 246 g/mol. The molecule has 0 saturated heterocycles. The summed E-state index contributed by atoms with van der Waals surface area (Å²) in [5, 5.41) is 8.53. The summed E-state index contributed by atoms with van der Waals surface area (Å²) in [5.74, 6) is -0.283. The Morgan fingerprint density at radius 2 is 2.31 bits per heavy atom. The third-order valence-electron chi connectivity index (χ3n) is 1.18. The fourth-order valence-electron chi connectivity index (χ4n) is 0.677. The molecule has 0 aliphatic rings. The van der Waals surface area contributed by atoms with Gasteiger partial charge in [-0.1, -0.05) is 0 Å². The Bertz CT molecular complexity index is 351. The van der Waals surface area contributed by atoms with E-state index in [1.54, 1.807) is 6.07 Å². The number of hydrogen-bond donors (Lipinski definition) is 0. The van der Waals surface area contributed by atoms with E-state index in [9.17, 15) is 8.78 Å². The molecule has 6 heteroatoms. The van der Waals surface area contributed by atoms with E-state index in [0.717, 1.165) is 0 Å². The van der Waals surface area contributed by atoms with E-state index < -0.39 is 6.61 Å². The largest absolute Gasteiger partial charge is 0.416 e. The van der Waals surface area contributed by atoms with E-state index in [0.29, 0.717) is 0 Å². The van der Waals surface area contributed by atoms with Crippen LogP contribution < -0.4 is 4.74 Å². The summed E-state index contributed by atoms with van der Waals surface area (Å²) in [5.41, 5.74) is 0.200. The van der Waals surface area contributed by atoms with Crippen molar-refractivity contribution >= 4 is 15.9 Å². The van der Waals surface area contributed by atoms with Gasteiger partial charge < -0.3 is 4.74 Å². The lowest BCUT2D eigenvalue weighted by molar-refractivity contribution is -0.0534. The van der Waals surface area contributed by atoms with Gasteiger partial charge in [0.2, 0.25) is 5.88 Å². The average Bonchev–Trinajstić information content (AvgIpc) is 2.08. The molecule has 0 unspecified atom stereocenters. The molecule has 0 radical (unpaired) electrons. The van der Waals surface area contributed by atoms with Crippen molar-refractivity contribution in [2.24, 2.45) is 0 Å². The van der Waals surface area contributed by atoms with Gasteiger partial charge in [-0.05, 0) is 22.0 Å². The highest BCUT2D eigenvalue weighted by atomic mass is 79.9. The standard InChI is InChI=1S/C7H3BrF2N2O/c8-5-4(3-11)1-2-12-6(5)13-7(9)10/h1-2,7H. The second-order valence-corrected chi connectivity index (χ2v) is 2.76. The first-order valence-electron chi connectivity index (χ1n) is 3.14. The molecule has 0 saturated carbocycles. The van der Waals surface area contributed by atoms with Gasteiger partial charge in [0.05, 0.1) is 10.0 Å². The van der Waals surface area contributed by atoms with Crippen LogP contribution in [0.25, 0.3) is 0 Å². The molecular formula is C7H3BrF2N2O. The summed E-state index contributed by atoms with van der Waals surface area (Å²) in [7, 11) is 0. The van der Waals surface area contributed by atoms with E-state index in [-0.39, 0.29) is 15.9 Å². The SMILES string of the molecule is N#Cc1ccnc(OC(F)F)c1Br. The predicted octanol–water partition coefficient (Wildman–Crippen LogP) is 2.32. The highest BCUT2D eigenvalue weighted by Gasteiger charge is 2.12. The van der Waals surface area contributed by atoms with Gasteiger partial charge in [0.1, 0.15) is 6.07 Å². The van der Waals surface area contributed by atoms with E-state index in [2.05, 4.69) is 25.7 Å². The van der Waals surface area contributed by atoms with Crippen LogP contribution in [0.1, 0.15) is 5.56 Å². The molecule has 0 aliphatic heterocycles. The van der Waals surface area contributed by atoms with Gasteiger partial charge in [-0.2, -0.15) is 14.0 Å². The minimum atomic E-state index is -2.95. The molecule has 0 N–H and O–H groups in total. The lowest BCUT2D eigenvalue weighted by Crippen LogP contribution is -2.04. The molecule has 1 aromatic heterocycles. The molecule has 68 valence electrons. The number of pyridine rings is 1. The highest BCUT2D eigenvalue weighted by Crippen LogP contribution is 2.26. The van der Waals surface area contributed by atoms with Crippen molar-refractivity contribution in [3.63, 3.8) is 0 Å². The van der Waals surface area contributed by atoms with Crippen LogP contribution in [-0.2, 0) is 0 Å². The van der Waals surface area contributed by atoms with Crippen molar-refractivity contribution in [3.8, 4) is 11.9 Å². The molecule has 0 bridgehead atoms. The van der Waals surface area contributed by atoms with E-state index in [4.69, 9.17) is 5.26 Å². The van der Waals surface area contributed by atoms with E-state index >= 15 is 0 Å². The zero-order valence-corrected chi connectivity index (χ0v) is 7.75. The molecule has 0 atom stereocenters. The second kappa shape index (κ2) is 4.14. The van der Waals surface area contributed by atoms with Gasteiger partial charge >= 0.3 is 6.61 Å². The smallest absolute Gasteiger partial charge is 0.388 e. The second-order valence-electron chi connectivity index (χ2n) is 1.97. The van der Waals surface area contributed by atoms with Gasteiger partial charge in [0.15, 0.2) is 0 Å². The number of ether oxygens (including phenoxy) is 1. The fraction of sp³-hybridized carbons (Fsp3) is 0.143. The van der Waals surface area contributed by atoms with Crippen LogP contribution in [0, 0.1) is 11.3 Å². The van der Waals surface area contributed by atoms with Crippen LogP contribution in [0.4, 0.5) is 8.78 Å². The van der Waals surface area contributed by atoms with Gasteiger partial charge in [-0.25, -0.2) is 4.98 Å². The minimum Gasteiger partial charge on any atom is -0.416 e. The first-order chi connectivity index (χ1) is 6.15. The first-order valence-corrected chi connectivity index (χ1v) is 3.94. The van der Waals surface area contributed by atoms with Crippen molar-refractivity contribution in [2.75, 3.05) is 0 Å². The Morgan fingerprint density at radius 1 is 1.62 bits per heavy atom. The van der Waals surface area contributed by atoms with Crippen LogP contribution in [0.3, 0.4) is 0 Å². The number of nitrogens with zero attached hydrogens (tertiary/aromatic N) is 2. The molecule has 1 heterocycles. The summed E-state index contributed by atoms with van der Waals surface area (Å²) in [6.07, 6.45) is 1.22. The average molecular weight is 249 g/mol. The van der Waals surface area contributed by atoms with Crippen molar-refractivity contribution in [3.05, 3.63) is 22.3 Å². The number of hydrogen-bond acceptors (Lipinski definition) is 3. The van der Waals surface area contributed by atoms with E-state index in [1.165, 1.54) is 12.3 Å². The van der Waals surface area contributed by atoms with Crippen molar-refractivity contribution in [1.82, 2.24) is 4.98 Å². The monoisotopic (exact) mass is 248 g/mol. The topological polar surface area (TPSA) is 45.9 Å². The Kier molecular flexibility index (Phi) is 3.14. The molecule has 0 spiro atoms. The normalized spacial score (nSPS) is 9.77. The van der Waals surface area contributed by atoms with Crippen LogP contribution in [0.15, 0.2) is 16.7 Å². The third kappa shape index (κ3) is 2.36. The quantitative estimate of drug-likeness (QED) is 0.807. The summed E-state index contributed by atoms with van der Waals surface area (Å²) in [4.78, 5) is 3.53. The Balaban J connectivity index is 3.03. The fourth-order valence-corrected chi connectivity index (χ4v) is 1.09. The number of nitriles is 1. The van der Waals surface area contributed by atoms with Crippen LogP contribution in [0.5, 0.6) is 5.88 Å². The summed E-state index contributed by atoms with van der Waals surface area (Å²) in [6.45, 7) is -2.95. The zero-order chi connectivity index (χ0) is 9.84. The van der Waals surface area contributed by atoms with Crippen molar-refractivity contribution in [2.45, 2.75) is 6.61 Å². The molecule has 13 heavy (non-hydrogen) atoms. The van der Waals surface area contributed by atoms with Gasteiger partial charge in [-0.3, -0.25) is 0 Å². The molecule has 3 nitrogen and oxygen atoms in total. The minimum absolute atomic E-state index is 0.137. The molecule has 0 aliphatic carbocycles. The predicted molar refractivity (Wildman–Crippen MR) is 43.3 cm³/mol. The third-order valence-corrected chi connectivity index (χ3v) is 1.94. The zero-order valence-electron chi connectivity index (χ0n) is 6.17.